The molecule has 0 radical (unpaired) electrons. The highest BCUT2D eigenvalue weighted by Crippen LogP contribution is 2.27. The zero-order chi connectivity index (χ0) is 24.4. The second-order valence-electron chi connectivity index (χ2n) is 8.10. The predicted molar refractivity (Wildman–Crippen MR) is 139 cm³/mol. The smallest absolute Gasteiger partial charge is 0.266 e. The molecule has 1 amide bonds. The number of para-hydroxylation sites is 1. The van der Waals surface area contributed by atoms with Crippen LogP contribution in [0.3, 0.4) is 0 Å². The van der Waals surface area contributed by atoms with Crippen LogP contribution >= 0.6 is 11.3 Å². The average Bonchev–Trinajstić information content (AvgIpc) is 3.24. The molecule has 0 saturated carbocycles. The van der Waals surface area contributed by atoms with Crippen LogP contribution in [-0.2, 0) is 6.54 Å². The summed E-state index contributed by atoms with van der Waals surface area (Å²) in [7, 11) is 0. The summed E-state index contributed by atoms with van der Waals surface area (Å²) in [6.45, 7) is 1.60. The quantitative estimate of drug-likeness (QED) is 0.323. The van der Waals surface area contributed by atoms with Crippen molar-refractivity contribution >= 4 is 38.9 Å². The lowest BCUT2D eigenvalue weighted by Gasteiger charge is -2.07. The number of carbonyl (C=O) groups excluding carboxylic acids is 2. The van der Waals surface area contributed by atoms with Crippen molar-refractivity contribution in [3.8, 4) is 11.1 Å². The second-order valence-corrected chi connectivity index (χ2v) is 9.10. The molecule has 0 bridgehead atoms. The Morgan fingerprint density at radius 2 is 1.51 bits per heavy atom. The van der Waals surface area contributed by atoms with E-state index in [1.807, 2.05) is 60.7 Å². The number of carbonyl (C=O) groups is 2. The van der Waals surface area contributed by atoms with Gasteiger partial charge in [0.05, 0.1) is 23.1 Å². The lowest BCUT2D eigenvalue weighted by molar-refractivity contribution is 0.0969. The maximum atomic E-state index is 13.2. The Morgan fingerprint density at radius 1 is 0.886 bits per heavy atom. The second kappa shape index (κ2) is 9.48. The van der Waals surface area contributed by atoms with E-state index in [1.54, 1.807) is 31.2 Å². The van der Waals surface area contributed by atoms with E-state index in [0.717, 1.165) is 11.1 Å². The van der Waals surface area contributed by atoms with Gasteiger partial charge in [-0.2, -0.15) is 0 Å². The molecule has 7 heteroatoms. The van der Waals surface area contributed by atoms with Crippen molar-refractivity contribution in [2.45, 2.75) is 13.5 Å². The summed E-state index contributed by atoms with van der Waals surface area (Å²) < 4.78 is 1.30. The Bertz CT molecular complexity index is 1590. The Morgan fingerprint density at radius 3 is 2.20 bits per heavy atom. The highest BCUT2D eigenvalue weighted by molar-refractivity contribution is 7.20. The van der Waals surface area contributed by atoms with Crippen LogP contribution < -0.4 is 10.9 Å². The predicted octanol–water partition coefficient (Wildman–Crippen LogP) is 5.57. The highest BCUT2D eigenvalue weighted by Gasteiger charge is 2.20. The number of fused-ring (bicyclic) bond motifs is 1. The fourth-order valence-electron chi connectivity index (χ4n) is 3.92. The minimum atomic E-state index is -0.336. The maximum Gasteiger partial charge on any atom is 0.266 e. The topological polar surface area (TPSA) is 81.1 Å². The maximum absolute atomic E-state index is 13.2. The summed E-state index contributed by atoms with van der Waals surface area (Å²) in [4.78, 5) is 44.2. The summed E-state index contributed by atoms with van der Waals surface area (Å²) in [5.41, 5.74) is 3.49. The fraction of sp³-hybridized carbons (Fsp3) is 0.0714. The number of nitrogens with zero attached hydrogens (tertiary/aromatic N) is 2. The molecule has 3 aromatic carbocycles. The number of anilines is 1. The number of benzene rings is 3. The fourth-order valence-corrected chi connectivity index (χ4v) is 4.96. The summed E-state index contributed by atoms with van der Waals surface area (Å²) >= 11 is 1.17. The normalized spacial score (nSPS) is 10.9. The number of thiophene rings is 1. The number of amides is 1. The van der Waals surface area contributed by atoms with E-state index in [0.29, 0.717) is 31.9 Å². The largest absolute Gasteiger partial charge is 0.321 e. The van der Waals surface area contributed by atoms with Crippen LogP contribution in [0.1, 0.15) is 25.6 Å². The summed E-state index contributed by atoms with van der Waals surface area (Å²) in [5, 5.41) is 3.21. The van der Waals surface area contributed by atoms with E-state index in [-0.39, 0.29) is 23.8 Å². The summed E-state index contributed by atoms with van der Waals surface area (Å²) in [5.74, 6) is -0.486. The van der Waals surface area contributed by atoms with E-state index in [9.17, 15) is 14.4 Å². The zero-order valence-electron chi connectivity index (χ0n) is 18.9. The number of nitrogens with one attached hydrogen (secondary N) is 1. The van der Waals surface area contributed by atoms with E-state index < -0.39 is 0 Å². The Labute approximate surface area is 205 Å². The van der Waals surface area contributed by atoms with Gasteiger partial charge in [-0.05, 0) is 35.7 Å². The van der Waals surface area contributed by atoms with E-state index in [2.05, 4.69) is 10.3 Å². The number of hydrogen-bond acceptors (Lipinski definition) is 5. The number of hydrogen-bond donors (Lipinski definition) is 1. The summed E-state index contributed by atoms with van der Waals surface area (Å²) in [6.07, 6.45) is 1.37. The van der Waals surface area contributed by atoms with Gasteiger partial charge in [0.2, 0.25) is 0 Å². The van der Waals surface area contributed by atoms with Crippen LogP contribution in [0.2, 0.25) is 0 Å². The molecule has 172 valence electrons. The van der Waals surface area contributed by atoms with Crippen LogP contribution in [0.5, 0.6) is 0 Å². The molecule has 1 N–H and O–H groups in total. The highest BCUT2D eigenvalue weighted by atomic mass is 32.1. The first kappa shape index (κ1) is 22.4. The van der Waals surface area contributed by atoms with Crippen LogP contribution in [0.15, 0.2) is 96.1 Å². The number of ketones is 1. The van der Waals surface area contributed by atoms with Crippen molar-refractivity contribution < 1.29 is 9.59 Å². The molecule has 6 nitrogen and oxygen atoms in total. The van der Waals surface area contributed by atoms with Crippen LogP contribution in [-0.4, -0.2) is 21.2 Å². The van der Waals surface area contributed by atoms with Gasteiger partial charge >= 0.3 is 0 Å². The molecule has 5 rings (SSSR count). The first-order chi connectivity index (χ1) is 17.0. The molecule has 35 heavy (non-hydrogen) atoms. The van der Waals surface area contributed by atoms with Gasteiger partial charge in [-0.15, -0.1) is 11.3 Å². The third kappa shape index (κ3) is 4.54. The standard InChI is InChI=1S/C28H21N3O3S/c1-18-24-27(35-25(18)26(33)30-22-10-6-3-7-11-22)29-17-31(28(24)34)16-23(32)21-14-12-20(13-15-21)19-8-4-2-5-9-19/h2-15,17H,16H2,1H3,(H,30,33). The molecule has 0 saturated heterocycles. The van der Waals surface area contributed by atoms with Crippen molar-refractivity contribution in [3.63, 3.8) is 0 Å². The first-order valence-electron chi connectivity index (χ1n) is 11.0. The molecule has 0 spiro atoms. The van der Waals surface area contributed by atoms with Gasteiger partial charge in [0, 0.05) is 11.3 Å². The van der Waals surface area contributed by atoms with Gasteiger partial charge in [-0.3, -0.25) is 19.0 Å². The molecular weight excluding hydrogens is 458 g/mol. The van der Waals surface area contributed by atoms with Gasteiger partial charge in [0.25, 0.3) is 11.5 Å². The van der Waals surface area contributed by atoms with Gasteiger partial charge in [0.1, 0.15) is 4.83 Å². The minimum Gasteiger partial charge on any atom is -0.321 e. The number of rotatable bonds is 6. The molecular formula is C28H21N3O3S. The first-order valence-corrected chi connectivity index (χ1v) is 11.9. The SMILES string of the molecule is Cc1c(C(=O)Nc2ccccc2)sc2ncn(CC(=O)c3ccc(-c4ccccc4)cc3)c(=O)c12. The molecule has 2 aromatic heterocycles. The van der Waals surface area contributed by atoms with Gasteiger partial charge in [-0.1, -0.05) is 72.8 Å². The van der Waals surface area contributed by atoms with Crippen LogP contribution in [0.4, 0.5) is 5.69 Å². The Kier molecular flexibility index (Phi) is 6.08. The van der Waals surface area contributed by atoms with Crippen molar-refractivity contribution in [3.05, 3.63) is 118 Å². The lowest BCUT2D eigenvalue weighted by Crippen LogP contribution is -2.24. The average molecular weight is 480 g/mol. The summed E-state index contributed by atoms with van der Waals surface area (Å²) in [6, 6.07) is 26.4. The van der Waals surface area contributed by atoms with Crippen molar-refractivity contribution in [2.24, 2.45) is 0 Å². The Hall–Kier alpha value is -4.36. The number of aryl methyl sites for hydroxylation is 1. The lowest BCUT2D eigenvalue weighted by atomic mass is 10.0. The van der Waals surface area contributed by atoms with Crippen molar-refractivity contribution in [2.75, 3.05) is 5.32 Å². The van der Waals surface area contributed by atoms with Gasteiger partial charge in [-0.25, -0.2) is 4.98 Å². The molecule has 0 aliphatic rings. The van der Waals surface area contributed by atoms with Crippen molar-refractivity contribution in [1.29, 1.82) is 0 Å². The third-order valence-corrected chi connectivity index (χ3v) is 6.98. The number of Topliss-reactive ketones (excluding diaryl/α,β-unsaturated/α-hetero) is 1. The van der Waals surface area contributed by atoms with Crippen LogP contribution in [0.25, 0.3) is 21.3 Å². The van der Waals surface area contributed by atoms with E-state index >= 15 is 0 Å². The van der Waals surface area contributed by atoms with E-state index in [4.69, 9.17) is 0 Å². The van der Waals surface area contributed by atoms with Gasteiger partial charge < -0.3 is 5.32 Å². The molecule has 0 atom stereocenters. The molecule has 0 aliphatic carbocycles. The molecule has 0 aliphatic heterocycles. The Balaban J connectivity index is 1.39. The minimum absolute atomic E-state index is 0.132. The molecule has 0 fully saturated rings. The van der Waals surface area contributed by atoms with Crippen LogP contribution in [0, 0.1) is 6.92 Å². The van der Waals surface area contributed by atoms with Gasteiger partial charge in [0.15, 0.2) is 5.78 Å². The van der Waals surface area contributed by atoms with Crippen molar-refractivity contribution in [1.82, 2.24) is 9.55 Å². The molecule has 5 aromatic rings. The zero-order valence-corrected chi connectivity index (χ0v) is 19.7. The van der Waals surface area contributed by atoms with E-state index in [1.165, 1.54) is 22.2 Å². The molecule has 0 unspecified atom stereocenters. The third-order valence-electron chi connectivity index (χ3n) is 5.78. The molecule has 2 heterocycles. The number of aromatic nitrogens is 2. The monoisotopic (exact) mass is 479 g/mol.